The smallest absolute Gasteiger partial charge is 0.352 e. The van der Waals surface area contributed by atoms with Crippen molar-refractivity contribution in [1.29, 1.82) is 0 Å². The van der Waals surface area contributed by atoms with Gasteiger partial charge in [-0.3, -0.25) is 9.47 Å². The Morgan fingerprint density at radius 3 is 2.76 bits per heavy atom. The van der Waals surface area contributed by atoms with Crippen LogP contribution in [0.2, 0.25) is 0 Å². The van der Waals surface area contributed by atoms with E-state index < -0.39 is 0 Å². The number of benzene rings is 1. The van der Waals surface area contributed by atoms with E-state index in [0.29, 0.717) is 18.1 Å². The average Bonchev–Trinajstić information content (AvgIpc) is 3.50. The number of aromatic nitrogens is 4. The van der Waals surface area contributed by atoms with Crippen molar-refractivity contribution in [2.45, 2.75) is 32.9 Å². The number of rotatable bonds is 8. The van der Waals surface area contributed by atoms with E-state index in [1.165, 1.54) is 15.7 Å². The maximum Gasteiger partial charge on any atom is 0.352 e. The molecule has 0 spiro atoms. The fraction of sp³-hybridized carbons (Fsp3) is 0.458. The molecule has 0 atom stereocenters. The van der Waals surface area contributed by atoms with Gasteiger partial charge in [-0.2, -0.15) is 9.61 Å². The van der Waals surface area contributed by atoms with Crippen molar-refractivity contribution >= 4 is 27.2 Å². The minimum Gasteiger partial charge on any atom is -0.497 e. The molecule has 1 saturated heterocycles. The van der Waals surface area contributed by atoms with Gasteiger partial charge in [0, 0.05) is 31.2 Å². The van der Waals surface area contributed by atoms with Crippen LogP contribution < -0.4 is 10.4 Å². The Bertz CT molecular complexity index is 1290. The summed E-state index contributed by atoms with van der Waals surface area (Å²) in [5, 5.41) is 5.17. The average molecular weight is 468 g/mol. The number of hydrogen-bond acceptors (Lipinski definition) is 7. The van der Waals surface area contributed by atoms with Gasteiger partial charge in [-0.25, -0.2) is 9.78 Å². The van der Waals surface area contributed by atoms with E-state index in [2.05, 4.69) is 28.0 Å². The molecular formula is C24H29N5O3S. The van der Waals surface area contributed by atoms with Crippen molar-refractivity contribution in [1.82, 2.24) is 24.1 Å². The third kappa shape index (κ3) is 4.53. The van der Waals surface area contributed by atoms with Crippen LogP contribution in [-0.2, 0) is 17.8 Å². The lowest BCUT2D eigenvalue weighted by molar-refractivity contribution is 0.0523. The van der Waals surface area contributed by atoms with Gasteiger partial charge in [0.1, 0.15) is 16.9 Å². The quantitative estimate of drug-likeness (QED) is 0.395. The highest BCUT2D eigenvalue weighted by Crippen LogP contribution is 2.29. The molecule has 9 heteroatoms. The van der Waals surface area contributed by atoms with E-state index in [9.17, 15) is 4.79 Å². The van der Waals surface area contributed by atoms with Crippen molar-refractivity contribution < 1.29 is 9.47 Å². The second kappa shape index (κ2) is 9.62. The molecule has 0 N–H and O–H groups in total. The third-order valence-electron chi connectivity index (χ3n) is 6.39. The molecule has 4 heterocycles. The zero-order valence-electron chi connectivity index (χ0n) is 19.1. The fourth-order valence-electron chi connectivity index (χ4n) is 4.51. The highest BCUT2D eigenvalue weighted by Gasteiger charge is 2.20. The lowest BCUT2D eigenvalue weighted by Gasteiger charge is -2.28. The van der Waals surface area contributed by atoms with Gasteiger partial charge in [0.15, 0.2) is 5.65 Å². The van der Waals surface area contributed by atoms with Crippen LogP contribution in [0.15, 0.2) is 41.5 Å². The predicted octanol–water partition coefficient (Wildman–Crippen LogP) is 3.41. The molecule has 0 unspecified atom stereocenters. The molecule has 1 fully saturated rings. The number of ether oxygens (including phenoxy) is 2. The van der Waals surface area contributed by atoms with Gasteiger partial charge in [0.05, 0.1) is 19.0 Å². The highest BCUT2D eigenvalue weighted by molar-refractivity contribution is 7.18. The second-order valence-electron chi connectivity index (χ2n) is 8.53. The van der Waals surface area contributed by atoms with Crippen molar-refractivity contribution in [2.75, 3.05) is 33.4 Å². The first-order chi connectivity index (χ1) is 16.2. The Balaban J connectivity index is 1.48. The predicted molar refractivity (Wildman–Crippen MR) is 129 cm³/mol. The van der Waals surface area contributed by atoms with Crippen LogP contribution >= 0.6 is 11.3 Å². The largest absolute Gasteiger partial charge is 0.497 e. The van der Waals surface area contributed by atoms with E-state index in [1.807, 2.05) is 28.8 Å². The molecule has 1 aromatic carbocycles. The van der Waals surface area contributed by atoms with Crippen LogP contribution in [0.4, 0.5) is 0 Å². The van der Waals surface area contributed by atoms with Gasteiger partial charge in [-0.05, 0) is 49.1 Å². The van der Waals surface area contributed by atoms with E-state index in [1.54, 1.807) is 18.4 Å². The molecule has 33 heavy (non-hydrogen) atoms. The van der Waals surface area contributed by atoms with Crippen LogP contribution in [0, 0.1) is 5.92 Å². The minimum absolute atomic E-state index is 0.172. The summed E-state index contributed by atoms with van der Waals surface area (Å²) in [6.07, 6.45) is 3.71. The summed E-state index contributed by atoms with van der Waals surface area (Å²) in [5.74, 6) is 1.48. The molecule has 0 radical (unpaired) electrons. The maximum absolute atomic E-state index is 13.3. The maximum atomic E-state index is 13.3. The monoisotopic (exact) mass is 467 g/mol. The number of thiophene rings is 1. The standard InChI is InChI=1S/C24H29N5O3S/c1-3-27(13-18-8-10-32-11-9-18)15-20-12-21-22-25-16-26-29(22)24(30)28(23(21)33-20)14-17-4-6-19(31-2)7-5-17/h4-7,12,16,18H,3,8-11,13-15H2,1-2H3. The topological polar surface area (TPSA) is 73.9 Å². The summed E-state index contributed by atoms with van der Waals surface area (Å²) in [4.78, 5) is 22.3. The third-order valence-corrected chi connectivity index (χ3v) is 7.54. The Morgan fingerprint density at radius 2 is 2.03 bits per heavy atom. The van der Waals surface area contributed by atoms with Crippen molar-refractivity contribution in [2.24, 2.45) is 5.92 Å². The number of nitrogens with zero attached hydrogens (tertiary/aromatic N) is 5. The Labute approximate surface area is 196 Å². The SMILES string of the molecule is CCN(Cc1cc2c(s1)n(Cc1ccc(OC)cc1)c(=O)n1ncnc21)CC1CCOCC1. The number of fused-ring (bicyclic) bond motifs is 3. The molecule has 1 aliphatic rings. The molecule has 4 aromatic rings. The Hall–Kier alpha value is -2.75. The molecule has 3 aromatic heterocycles. The summed E-state index contributed by atoms with van der Waals surface area (Å²) >= 11 is 1.68. The van der Waals surface area contributed by atoms with Crippen LogP contribution in [0.25, 0.3) is 15.9 Å². The summed E-state index contributed by atoms with van der Waals surface area (Å²) < 4.78 is 14.0. The Morgan fingerprint density at radius 1 is 1.24 bits per heavy atom. The summed E-state index contributed by atoms with van der Waals surface area (Å²) in [6.45, 7) is 7.35. The molecular weight excluding hydrogens is 438 g/mol. The molecule has 0 amide bonds. The van der Waals surface area contributed by atoms with Gasteiger partial charge in [-0.1, -0.05) is 19.1 Å². The molecule has 0 saturated carbocycles. The lowest BCUT2D eigenvalue weighted by atomic mass is 10.00. The van der Waals surface area contributed by atoms with Crippen LogP contribution in [-0.4, -0.2) is 57.5 Å². The van der Waals surface area contributed by atoms with Crippen LogP contribution in [0.3, 0.4) is 0 Å². The summed E-state index contributed by atoms with van der Waals surface area (Å²) in [5.41, 5.74) is 1.48. The van der Waals surface area contributed by atoms with E-state index in [4.69, 9.17) is 9.47 Å². The lowest BCUT2D eigenvalue weighted by Crippen LogP contribution is -2.31. The second-order valence-corrected chi connectivity index (χ2v) is 9.64. The zero-order chi connectivity index (χ0) is 22.8. The summed E-state index contributed by atoms with van der Waals surface area (Å²) in [7, 11) is 1.65. The van der Waals surface area contributed by atoms with E-state index in [-0.39, 0.29) is 5.69 Å². The van der Waals surface area contributed by atoms with Crippen molar-refractivity contribution in [3.05, 3.63) is 57.6 Å². The van der Waals surface area contributed by atoms with Gasteiger partial charge in [0.25, 0.3) is 0 Å². The van der Waals surface area contributed by atoms with E-state index in [0.717, 1.165) is 67.2 Å². The van der Waals surface area contributed by atoms with Gasteiger partial charge in [-0.15, -0.1) is 11.3 Å². The summed E-state index contributed by atoms with van der Waals surface area (Å²) in [6, 6.07) is 10.00. The minimum atomic E-state index is -0.172. The molecule has 0 aliphatic carbocycles. The molecule has 0 bridgehead atoms. The molecule has 1 aliphatic heterocycles. The molecule has 5 rings (SSSR count). The van der Waals surface area contributed by atoms with Crippen molar-refractivity contribution in [3.63, 3.8) is 0 Å². The number of hydrogen-bond donors (Lipinski definition) is 0. The first-order valence-electron chi connectivity index (χ1n) is 11.4. The first kappa shape index (κ1) is 22.1. The first-order valence-corrected chi connectivity index (χ1v) is 12.3. The normalized spacial score (nSPS) is 15.1. The number of methoxy groups -OCH3 is 1. The Kier molecular flexibility index (Phi) is 6.43. The van der Waals surface area contributed by atoms with Gasteiger partial charge < -0.3 is 9.47 Å². The molecule has 174 valence electrons. The highest BCUT2D eigenvalue weighted by atomic mass is 32.1. The fourth-order valence-corrected chi connectivity index (χ4v) is 5.69. The van der Waals surface area contributed by atoms with Crippen LogP contribution in [0.1, 0.15) is 30.2 Å². The van der Waals surface area contributed by atoms with Crippen molar-refractivity contribution in [3.8, 4) is 5.75 Å². The van der Waals surface area contributed by atoms with E-state index >= 15 is 0 Å². The van der Waals surface area contributed by atoms with Gasteiger partial charge >= 0.3 is 5.69 Å². The van der Waals surface area contributed by atoms with Crippen LogP contribution in [0.5, 0.6) is 5.75 Å². The zero-order valence-corrected chi connectivity index (χ0v) is 19.9. The van der Waals surface area contributed by atoms with Gasteiger partial charge in [0.2, 0.25) is 0 Å². The molecule has 8 nitrogen and oxygen atoms in total.